The summed E-state index contributed by atoms with van der Waals surface area (Å²) >= 11 is 0. The summed E-state index contributed by atoms with van der Waals surface area (Å²) in [5.74, 6) is 0.0424. The zero-order valence-electron chi connectivity index (χ0n) is 16.2. The monoisotopic (exact) mass is 385 g/mol. The van der Waals surface area contributed by atoms with Crippen LogP contribution in [0, 0.1) is 0 Å². The lowest BCUT2D eigenvalue weighted by molar-refractivity contribution is -0.122. The molecule has 28 heavy (non-hydrogen) atoms. The molecule has 2 heterocycles. The molecule has 1 aromatic carbocycles. The molecule has 8 heteroatoms. The summed E-state index contributed by atoms with van der Waals surface area (Å²) in [6, 6.07) is 9.31. The molecule has 1 saturated heterocycles. The van der Waals surface area contributed by atoms with Crippen molar-refractivity contribution in [3.05, 3.63) is 48.3 Å². The third kappa shape index (κ3) is 5.40. The Balaban J connectivity index is 1.44. The number of methoxy groups -OCH3 is 1. The number of hydrogen-bond acceptors (Lipinski definition) is 5. The maximum atomic E-state index is 12.7. The van der Waals surface area contributed by atoms with Gasteiger partial charge in [-0.3, -0.25) is 14.5 Å². The number of carbonyl (C=O) groups is 2. The van der Waals surface area contributed by atoms with Crippen molar-refractivity contribution in [2.75, 3.05) is 53.0 Å². The van der Waals surface area contributed by atoms with Crippen molar-refractivity contribution in [1.82, 2.24) is 24.9 Å². The Morgan fingerprint density at radius 1 is 1.14 bits per heavy atom. The Bertz CT molecular complexity index is 753. The molecule has 1 N–H and O–H groups in total. The van der Waals surface area contributed by atoms with Crippen molar-refractivity contribution in [2.45, 2.75) is 6.42 Å². The van der Waals surface area contributed by atoms with Crippen LogP contribution in [0.25, 0.3) is 5.69 Å². The van der Waals surface area contributed by atoms with Gasteiger partial charge in [-0.1, -0.05) is 0 Å². The predicted molar refractivity (Wildman–Crippen MR) is 105 cm³/mol. The van der Waals surface area contributed by atoms with Gasteiger partial charge in [0.25, 0.3) is 5.91 Å². The summed E-state index contributed by atoms with van der Waals surface area (Å²) in [5, 5.41) is 7.08. The summed E-state index contributed by atoms with van der Waals surface area (Å²) in [7, 11) is 1.65. The van der Waals surface area contributed by atoms with Crippen LogP contribution in [0.5, 0.6) is 0 Å². The van der Waals surface area contributed by atoms with Gasteiger partial charge in [-0.2, -0.15) is 5.10 Å². The van der Waals surface area contributed by atoms with E-state index >= 15 is 0 Å². The van der Waals surface area contributed by atoms with Gasteiger partial charge in [0.2, 0.25) is 5.91 Å². The predicted octanol–water partition coefficient (Wildman–Crippen LogP) is 0.783. The van der Waals surface area contributed by atoms with Crippen LogP contribution in [0.15, 0.2) is 42.7 Å². The first-order valence-electron chi connectivity index (χ1n) is 9.55. The van der Waals surface area contributed by atoms with E-state index in [9.17, 15) is 9.59 Å². The van der Waals surface area contributed by atoms with Gasteiger partial charge in [0.15, 0.2) is 0 Å². The van der Waals surface area contributed by atoms with Gasteiger partial charge in [0.05, 0.1) is 12.2 Å². The Morgan fingerprint density at radius 2 is 1.89 bits per heavy atom. The quantitative estimate of drug-likeness (QED) is 0.680. The second kappa shape index (κ2) is 10.0. The SMILES string of the molecule is COCCCNC(=O)CN1CCN(C(=O)c2ccc(-n3cccn3)cc2)CC1. The minimum atomic E-state index is 0.0186. The molecule has 2 aromatic rings. The van der Waals surface area contributed by atoms with E-state index in [1.807, 2.05) is 41.4 Å². The summed E-state index contributed by atoms with van der Waals surface area (Å²) in [6.07, 6.45) is 4.39. The molecule has 0 radical (unpaired) electrons. The minimum absolute atomic E-state index is 0.0186. The number of piperazine rings is 1. The lowest BCUT2D eigenvalue weighted by Gasteiger charge is -2.34. The second-order valence-corrected chi connectivity index (χ2v) is 6.76. The molecule has 1 aliphatic heterocycles. The summed E-state index contributed by atoms with van der Waals surface area (Å²) in [5.41, 5.74) is 1.59. The molecule has 8 nitrogen and oxygen atoms in total. The Kier molecular flexibility index (Phi) is 7.16. The first-order chi connectivity index (χ1) is 13.7. The molecular weight excluding hydrogens is 358 g/mol. The number of nitrogens with one attached hydrogen (secondary N) is 1. The molecule has 0 aliphatic carbocycles. The molecule has 1 aliphatic rings. The number of hydrogen-bond donors (Lipinski definition) is 1. The van der Waals surface area contributed by atoms with Crippen LogP contribution in [0.4, 0.5) is 0 Å². The Morgan fingerprint density at radius 3 is 2.54 bits per heavy atom. The van der Waals surface area contributed by atoms with Gasteiger partial charge in [-0.15, -0.1) is 0 Å². The van der Waals surface area contributed by atoms with Crippen LogP contribution in [0.2, 0.25) is 0 Å². The highest BCUT2D eigenvalue weighted by atomic mass is 16.5. The lowest BCUT2D eigenvalue weighted by atomic mass is 10.1. The molecule has 0 spiro atoms. The van der Waals surface area contributed by atoms with Crippen LogP contribution in [-0.4, -0.2) is 84.4 Å². The van der Waals surface area contributed by atoms with Gasteiger partial charge in [-0.25, -0.2) is 4.68 Å². The first-order valence-corrected chi connectivity index (χ1v) is 9.55. The number of nitrogens with zero attached hydrogens (tertiary/aromatic N) is 4. The van der Waals surface area contributed by atoms with Gasteiger partial charge in [0, 0.05) is 64.4 Å². The van der Waals surface area contributed by atoms with Crippen molar-refractivity contribution < 1.29 is 14.3 Å². The number of rotatable bonds is 8. The number of ether oxygens (including phenoxy) is 1. The highest BCUT2D eigenvalue weighted by molar-refractivity contribution is 5.94. The third-order valence-corrected chi connectivity index (χ3v) is 4.76. The summed E-state index contributed by atoms with van der Waals surface area (Å²) < 4.78 is 6.72. The molecule has 3 rings (SSSR count). The van der Waals surface area contributed by atoms with Crippen molar-refractivity contribution in [1.29, 1.82) is 0 Å². The molecule has 150 valence electrons. The fraction of sp³-hybridized carbons (Fsp3) is 0.450. The molecule has 0 atom stereocenters. The standard InChI is InChI=1S/C20H27N5O3/c1-28-15-3-8-21-19(26)16-23-11-13-24(14-12-23)20(27)17-4-6-18(7-5-17)25-10-2-9-22-25/h2,4-7,9-10H,3,8,11-16H2,1H3,(H,21,26). The second-order valence-electron chi connectivity index (χ2n) is 6.76. The smallest absolute Gasteiger partial charge is 0.253 e. The summed E-state index contributed by atoms with van der Waals surface area (Å²) in [4.78, 5) is 28.6. The molecule has 0 unspecified atom stereocenters. The average molecular weight is 385 g/mol. The van der Waals surface area contributed by atoms with Gasteiger partial charge in [-0.05, 0) is 36.8 Å². The van der Waals surface area contributed by atoms with E-state index in [0.717, 1.165) is 12.1 Å². The van der Waals surface area contributed by atoms with Crippen molar-refractivity contribution >= 4 is 11.8 Å². The van der Waals surface area contributed by atoms with Gasteiger partial charge >= 0.3 is 0 Å². The highest BCUT2D eigenvalue weighted by Gasteiger charge is 2.23. The highest BCUT2D eigenvalue weighted by Crippen LogP contribution is 2.12. The van der Waals surface area contributed by atoms with Crippen molar-refractivity contribution in [3.8, 4) is 5.69 Å². The topological polar surface area (TPSA) is 79.7 Å². The van der Waals surface area contributed by atoms with E-state index in [0.29, 0.717) is 51.4 Å². The maximum absolute atomic E-state index is 12.7. The number of aromatic nitrogens is 2. The Labute approximate surface area is 165 Å². The van der Waals surface area contributed by atoms with Crippen LogP contribution in [0.3, 0.4) is 0 Å². The molecule has 1 fully saturated rings. The fourth-order valence-electron chi connectivity index (χ4n) is 3.17. The van der Waals surface area contributed by atoms with E-state index in [1.165, 1.54) is 0 Å². The molecule has 1 aromatic heterocycles. The van der Waals surface area contributed by atoms with E-state index in [4.69, 9.17) is 4.74 Å². The van der Waals surface area contributed by atoms with Crippen LogP contribution >= 0.6 is 0 Å². The van der Waals surface area contributed by atoms with Crippen molar-refractivity contribution in [2.24, 2.45) is 0 Å². The maximum Gasteiger partial charge on any atom is 0.253 e. The average Bonchev–Trinajstić information content (AvgIpc) is 3.26. The van der Waals surface area contributed by atoms with E-state index in [1.54, 1.807) is 18.0 Å². The number of benzene rings is 1. The molecule has 0 bridgehead atoms. The molecular formula is C20H27N5O3. The van der Waals surface area contributed by atoms with Crippen LogP contribution < -0.4 is 5.32 Å². The van der Waals surface area contributed by atoms with Crippen LogP contribution in [-0.2, 0) is 9.53 Å². The van der Waals surface area contributed by atoms with Crippen molar-refractivity contribution in [3.63, 3.8) is 0 Å². The molecule has 2 amide bonds. The largest absolute Gasteiger partial charge is 0.385 e. The van der Waals surface area contributed by atoms with E-state index in [2.05, 4.69) is 15.3 Å². The van der Waals surface area contributed by atoms with Gasteiger partial charge in [0.1, 0.15) is 0 Å². The minimum Gasteiger partial charge on any atom is -0.385 e. The Hall–Kier alpha value is -2.71. The lowest BCUT2D eigenvalue weighted by Crippen LogP contribution is -2.51. The zero-order chi connectivity index (χ0) is 19.8. The summed E-state index contributed by atoms with van der Waals surface area (Å²) in [6.45, 7) is 4.27. The third-order valence-electron chi connectivity index (χ3n) is 4.76. The normalized spacial score (nSPS) is 14.8. The number of carbonyl (C=O) groups excluding carboxylic acids is 2. The molecule has 0 saturated carbocycles. The van der Waals surface area contributed by atoms with E-state index < -0.39 is 0 Å². The van der Waals surface area contributed by atoms with E-state index in [-0.39, 0.29) is 11.8 Å². The van der Waals surface area contributed by atoms with Gasteiger partial charge < -0.3 is 15.0 Å². The number of amides is 2. The first kappa shape index (κ1) is 20.0. The van der Waals surface area contributed by atoms with Crippen LogP contribution in [0.1, 0.15) is 16.8 Å². The fourth-order valence-corrected chi connectivity index (χ4v) is 3.17. The zero-order valence-corrected chi connectivity index (χ0v) is 16.2.